The third-order valence-corrected chi connectivity index (χ3v) is 1.64. The number of amides is 1. The molecule has 0 aliphatic rings. The van der Waals surface area contributed by atoms with E-state index in [2.05, 4.69) is 26.9 Å². The zero-order valence-electron chi connectivity index (χ0n) is 7.95. The van der Waals surface area contributed by atoms with E-state index in [4.69, 9.17) is 0 Å². The zero-order chi connectivity index (χ0) is 10.3. The van der Waals surface area contributed by atoms with E-state index in [0.717, 1.165) is 0 Å². The Bertz CT molecular complexity index is 231. The van der Waals surface area contributed by atoms with E-state index in [0.29, 0.717) is 18.0 Å². The summed E-state index contributed by atoms with van der Waals surface area (Å²) in [6, 6.07) is 0. The number of hydrogen-bond acceptors (Lipinski definition) is 1. The molecule has 2 nitrogen and oxygen atoms in total. The van der Waals surface area contributed by atoms with Gasteiger partial charge in [-0.3, -0.25) is 0 Å². The zero-order valence-corrected chi connectivity index (χ0v) is 8.94. The molecule has 0 heterocycles. The molecule has 0 unspecified atom stereocenters. The molecule has 0 spiro atoms. The SMILES string of the molecule is C=C/C=C(\[CH]=[Ni])C(=O)NCC(C)C. The minimum atomic E-state index is -0.125. The monoisotopic (exact) mass is 223 g/mol. The van der Waals surface area contributed by atoms with Gasteiger partial charge in [0, 0.05) is 0 Å². The fourth-order valence-electron chi connectivity index (χ4n) is 0.673. The quantitative estimate of drug-likeness (QED) is 0.424. The molecule has 0 aliphatic heterocycles. The van der Waals surface area contributed by atoms with Gasteiger partial charge in [0.05, 0.1) is 0 Å². The van der Waals surface area contributed by atoms with Crippen LogP contribution < -0.4 is 5.32 Å². The maximum atomic E-state index is 11.4. The molecule has 0 aliphatic carbocycles. The van der Waals surface area contributed by atoms with Gasteiger partial charge in [-0.05, 0) is 0 Å². The van der Waals surface area contributed by atoms with Crippen LogP contribution in [-0.2, 0) is 19.8 Å². The number of rotatable bonds is 5. The molecule has 0 atom stereocenters. The van der Waals surface area contributed by atoms with Gasteiger partial charge in [0.25, 0.3) is 0 Å². The van der Waals surface area contributed by atoms with E-state index in [1.54, 1.807) is 12.2 Å². The Labute approximate surface area is 87.0 Å². The summed E-state index contributed by atoms with van der Waals surface area (Å²) in [5.41, 5.74) is 0.496. The molecule has 3 heteroatoms. The Hall–Kier alpha value is -0.686. The number of carbonyl (C=O) groups is 1. The van der Waals surface area contributed by atoms with Gasteiger partial charge in [0.15, 0.2) is 0 Å². The molecular formula is C10H15NNiO. The second-order valence-corrected chi connectivity index (χ2v) is 3.34. The molecule has 0 aromatic carbocycles. The van der Waals surface area contributed by atoms with E-state index in [-0.39, 0.29) is 5.91 Å². The number of hydrogen-bond donors (Lipinski definition) is 1. The van der Waals surface area contributed by atoms with Crippen molar-refractivity contribution in [2.75, 3.05) is 6.54 Å². The van der Waals surface area contributed by atoms with Crippen LogP contribution >= 0.6 is 0 Å². The molecule has 76 valence electrons. The normalized spacial score (nSPS) is 11.3. The molecule has 13 heavy (non-hydrogen) atoms. The Morgan fingerprint density at radius 1 is 1.62 bits per heavy atom. The number of carbonyl (C=O) groups excluding carboxylic acids is 1. The predicted molar refractivity (Wildman–Crippen MR) is 52.2 cm³/mol. The van der Waals surface area contributed by atoms with Crippen molar-refractivity contribution in [2.45, 2.75) is 13.8 Å². The first-order chi connectivity index (χ1) is 6.11. The van der Waals surface area contributed by atoms with Crippen LogP contribution in [0.4, 0.5) is 0 Å². The van der Waals surface area contributed by atoms with Gasteiger partial charge < -0.3 is 0 Å². The minimum absolute atomic E-state index is 0.125. The van der Waals surface area contributed by atoms with Crippen LogP contribution in [0.1, 0.15) is 13.8 Å². The molecule has 0 fully saturated rings. The first kappa shape index (κ1) is 12.3. The van der Waals surface area contributed by atoms with Crippen LogP contribution in [0.5, 0.6) is 0 Å². The standard InChI is InChI=1S/C10H15NO.Ni/c1-5-6-9(4)10(12)11-7-8(2)3;/h4-6,8H,1,7H2,2-3H3,(H,11,12);/b9-6+;. The average molecular weight is 224 g/mol. The summed E-state index contributed by atoms with van der Waals surface area (Å²) >= 11 is 4.41. The van der Waals surface area contributed by atoms with Crippen molar-refractivity contribution in [1.29, 1.82) is 0 Å². The van der Waals surface area contributed by atoms with E-state index in [1.165, 1.54) is 4.99 Å². The van der Waals surface area contributed by atoms with E-state index in [9.17, 15) is 4.79 Å². The van der Waals surface area contributed by atoms with Crippen molar-refractivity contribution in [1.82, 2.24) is 5.32 Å². The summed E-state index contributed by atoms with van der Waals surface area (Å²) in [6.07, 6.45) is 3.17. The Kier molecular flexibility index (Phi) is 6.43. The Morgan fingerprint density at radius 2 is 2.23 bits per heavy atom. The molecular weight excluding hydrogens is 209 g/mol. The molecule has 0 aromatic rings. The van der Waals surface area contributed by atoms with Crippen LogP contribution in [0, 0.1) is 5.92 Å². The van der Waals surface area contributed by atoms with Crippen LogP contribution in [0.3, 0.4) is 0 Å². The van der Waals surface area contributed by atoms with Gasteiger partial charge in [-0.15, -0.1) is 0 Å². The fraction of sp³-hybridized carbons (Fsp3) is 0.400. The van der Waals surface area contributed by atoms with Crippen LogP contribution in [0.2, 0.25) is 0 Å². The maximum absolute atomic E-state index is 11.4. The predicted octanol–water partition coefficient (Wildman–Crippen LogP) is 1.22. The number of nitrogens with one attached hydrogen (secondary N) is 1. The summed E-state index contributed by atoms with van der Waals surface area (Å²) in [4.78, 5) is 12.8. The molecule has 0 rings (SSSR count). The van der Waals surface area contributed by atoms with Crippen molar-refractivity contribution in [3.63, 3.8) is 0 Å². The molecule has 0 radical (unpaired) electrons. The van der Waals surface area contributed by atoms with Crippen molar-refractivity contribution >= 4 is 10.9 Å². The fourth-order valence-corrected chi connectivity index (χ4v) is 0.898. The summed E-state index contributed by atoms with van der Waals surface area (Å²) in [7, 11) is 0. The third-order valence-electron chi connectivity index (χ3n) is 1.33. The van der Waals surface area contributed by atoms with Crippen molar-refractivity contribution in [3.8, 4) is 0 Å². The van der Waals surface area contributed by atoms with Crippen molar-refractivity contribution in [3.05, 3.63) is 24.3 Å². The van der Waals surface area contributed by atoms with E-state index >= 15 is 0 Å². The molecule has 1 N–H and O–H groups in total. The summed E-state index contributed by atoms with van der Waals surface area (Å²) in [5, 5.41) is 2.77. The second kappa shape index (κ2) is 6.79. The van der Waals surface area contributed by atoms with Crippen LogP contribution in [0.25, 0.3) is 0 Å². The molecule has 0 saturated carbocycles. The topological polar surface area (TPSA) is 29.1 Å². The third kappa shape index (κ3) is 5.54. The van der Waals surface area contributed by atoms with Crippen molar-refractivity contribution in [2.24, 2.45) is 5.92 Å². The Morgan fingerprint density at radius 3 is 2.62 bits per heavy atom. The van der Waals surface area contributed by atoms with Crippen LogP contribution in [0.15, 0.2) is 24.3 Å². The van der Waals surface area contributed by atoms with Gasteiger partial charge in [0.2, 0.25) is 0 Å². The first-order valence-corrected chi connectivity index (χ1v) is 4.69. The molecule has 1 amide bonds. The summed E-state index contributed by atoms with van der Waals surface area (Å²) in [6.45, 7) is 8.25. The number of allylic oxidation sites excluding steroid dienone is 2. The second-order valence-electron chi connectivity index (χ2n) is 3.05. The van der Waals surface area contributed by atoms with Gasteiger partial charge in [-0.1, -0.05) is 0 Å². The summed E-state index contributed by atoms with van der Waals surface area (Å²) < 4.78 is 0. The first-order valence-electron chi connectivity index (χ1n) is 4.12. The molecule has 0 saturated heterocycles. The van der Waals surface area contributed by atoms with Gasteiger partial charge in [0.1, 0.15) is 0 Å². The summed E-state index contributed by atoms with van der Waals surface area (Å²) in [5.74, 6) is 0.322. The van der Waals surface area contributed by atoms with Gasteiger partial charge in [-0.25, -0.2) is 0 Å². The Balaban J connectivity index is 4.15. The average Bonchev–Trinajstić information content (AvgIpc) is 2.10. The van der Waals surface area contributed by atoms with Gasteiger partial charge in [-0.2, -0.15) is 0 Å². The van der Waals surface area contributed by atoms with E-state index < -0.39 is 0 Å². The van der Waals surface area contributed by atoms with Gasteiger partial charge >= 0.3 is 86.7 Å². The molecule has 0 aromatic heterocycles. The van der Waals surface area contributed by atoms with Crippen molar-refractivity contribution < 1.29 is 19.8 Å². The molecule has 0 bridgehead atoms. The van der Waals surface area contributed by atoms with Crippen LogP contribution in [-0.4, -0.2) is 17.4 Å². The van der Waals surface area contributed by atoms with E-state index in [1.807, 2.05) is 13.8 Å².